The number of aliphatic imine (C=N–C) groups is 1. The number of aryl methyl sites for hydroxylation is 1. The second-order valence-corrected chi connectivity index (χ2v) is 7.30. The molecule has 1 aromatic carbocycles. The van der Waals surface area contributed by atoms with E-state index in [0.29, 0.717) is 25.7 Å². The first-order valence-electron chi connectivity index (χ1n) is 9.46. The average molecular weight is 406 g/mol. The van der Waals surface area contributed by atoms with Crippen LogP contribution in [-0.2, 0) is 18.3 Å². The first-order chi connectivity index (χ1) is 13.6. The Morgan fingerprint density at radius 1 is 1.39 bits per heavy atom. The molecule has 0 amide bonds. The molecule has 0 saturated carbocycles. The zero-order valence-corrected chi connectivity index (χ0v) is 17.4. The molecule has 0 radical (unpaired) electrons. The lowest BCUT2D eigenvalue weighted by molar-refractivity contribution is 0.203. The number of hydrogen-bond donors (Lipinski definition) is 2. The van der Waals surface area contributed by atoms with Gasteiger partial charge in [-0.2, -0.15) is 0 Å². The lowest BCUT2D eigenvalue weighted by atomic mass is 10.2. The van der Waals surface area contributed by atoms with Gasteiger partial charge in [-0.3, -0.25) is 0 Å². The van der Waals surface area contributed by atoms with E-state index in [2.05, 4.69) is 31.8 Å². The predicted molar refractivity (Wildman–Crippen MR) is 112 cm³/mol. The Kier molecular flexibility index (Phi) is 7.11. The highest BCUT2D eigenvalue weighted by molar-refractivity contribution is 6.30. The maximum absolute atomic E-state index is 6.13. The highest BCUT2D eigenvalue weighted by Crippen LogP contribution is 2.23. The summed E-state index contributed by atoms with van der Waals surface area (Å²) >= 11 is 6.13. The number of aromatic nitrogens is 3. The van der Waals surface area contributed by atoms with Crippen molar-refractivity contribution in [2.45, 2.75) is 25.9 Å². The van der Waals surface area contributed by atoms with Gasteiger partial charge in [0, 0.05) is 50.5 Å². The normalized spacial score (nSPS) is 17.2. The molecule has 2 aromatic rings. The molecule has 1 aliphatic heterocycles. The largest absolute Gasteiger partial charge is 0.383 e. The van der Waals surface area contributed by atoms with Crippen LogP contribution in [0.25, 0.3) is 0 Å². The van der Waals surface area contributed by atoms with E-state index in [1.807, 2.05) is 36.7 Å². The number of hydrogen-bond acceptors (Lipinski definition) is 5. The number of methoxy groups -OCH3 is 1. The van der Waals surface area contributed by atoms with Gasteiger partial charge in [-0.05, 0) is 31.5 Å². The van der Waals surface area contributed by atoms with E-state index < -0.39 is 0 Å². The number of halogens is 1. The van der Waals surface area contributed by atoms with E-state index in [-0.39, 0.29) is 0 Å². The molecule has 8 nitrogen and oxygen atoms in total. The van der Waals surface area contributed by atoms with Crippen molar-refractivity contribution in [3.63, 3.8) is 0 Å². The Bertz CT molecular complexity index is 807. The predicted octanol–water partition coefficient (Wildman–Crippen LogP) is 1.74. The molecule has 1 unspecified atom stereocenters. The fourth-order valence-electron chi connectivity index (χ4n) is 3.14. The van der Waals surface area contributed by atoms with Gasteiger partial charge in [0.25, 0.3) is 0 Å². The van der Waals surface area contributed by atoms with Gasteiger partial charge in [0.1, 0.15) is 12.4 Å². The highest BCUT2D eigenvalue weighted by Gasteiger charge is 2.23. The summed E-state index contributed by atoms with van der Waals surface area (Å²) < 4.78 is 7.09. The highest BCUT2D eigenvalue weighted by atomic mass is 35.5. The quantitative estimate of drug-likeness (QED) is 0.415. The van der Waals surface area contributed by atoms with Gasteiger partial charge < -0.3 is 24.8 Å². The fraction of sp³-hybridized carbons (Fsp3) is 0.526. The van der Waals surface area contributed by atoms with Crippen LogP contribution in [0.3, 0.4) is 0 Å². The Morgan fingerprint density at radius 2 is 2.25 bits per heavy atom. The summed E-state index contributed by atoms with van der Waals surface area (Å²) in [6.07, 6.45) is 1.03. The van der Waals surface area contributed by atoms with Gasteiger partial charge in [0.15, 0.2) is 11.8 Å². The van der Waals surface area contributed by atoms with E-state index in [0.717, 1.165) is 47.8 Å². The summed E-state index contributed by atoms with van der Waals surface area (Å²) in [6.45, 7) is 5.57. The third-order valence-corrected chi connectivity index (χ3v) is 5.10. The number of ether oxygens (including phenoxy) is 1. The van der Waals surface area contributed by atoms with Crippen LogP contribution in [-0.4, -0.2) is 60.1 Å². The van der Waals surface area contributed by atoms with Crippen molar-refractivity contribution in [2.75, 3.05) is 38.3 Å². The van der Waals surface area contributed by atoms with E-state index in [1.165, 1.54) is 0 Å². The monoisotopic (exact) mass is 405 g/mol. The van der Waals surface area contributed by atoms with Crippen LogP contribution in [0.5, 0.6) is 0 Å². The molecule has 3 rings (SSSR count). The van der Waals surface area contributed by atoms with Crippen LogP contribution < -0.4 is 15.5 Å². The van der Waals surface area contributed by atoms with E-state index in [4.69, 9.17) is 21.3 Å². The summed E-state index contributed by atoms with van der Waals surface area (Å²) in [7, 11) is 3.64. The maximum Gasteiger partial charge on any atom is 0.192 e. The Balaban J connectivity index is 1.62. The second-order valence-electron chi connectivity index (χ2n) is 6.86. The molecule has 1 atom stereocenters. The molecule has 2 N–H and O–H groups in total. The molecular weight excluding hydrogens is 378 g/mol. The topological polar surface area (TPSA) is 79.6 Å². The van der Waals surface area contributed by atoms with Gasteiger partial charge in [-0.25, -0.2) is 4.99 Å². The number of benzene rings is 1. The molecule has 9 heteroatoms. The van der Waals surface area contributed by atoms with Gasteiger partial charge in [-0.15, -0.1) is 10.2 Å². The van der Waals surface area contributed by atoms with Crippen LogP contribution in [0.15, 0.2) is 29.3 Å². The molecule has 1 aliphatic rings. The summed E-state index contributed by atoms with van der Waals surface area (Å²) in [5.74, 6) is 2.47. The van der Waals surface area contributed by atoms with Gasteiger partial charge >= 0.3 is 0 Å². The SMILES string of the molecule is COCCNC(=NCc1nnc(C)n1C)NC1CCN(c2cccc(Cl)c2)C1. The maximum atomic E-state index is 6.13. The summed E-state index contributed by atoms with van der Waals surface area (Å²) in [5, 5.41) is 15.9. The fourth-order valence-corrected chi connectivity index (χ4v) is 3.33. The number of guanidine groups is 1. The molecule has 0 bridgehead atoms. The third-order valence-electron chi connectivity index (χ3n) is 4.86. The van der Waals surface area contributed by atoms with Crippen molar-refractivity contribution in [3.05, 3.63) is 40.9 Å². The number of nitrogens with one attached hydrogen (secondary N) is 2. The van der Waals surface area contributed by atoms with Crippen molar-refractivity contribution < 1.29 is 4.74 Å². The van der Waals surface area contributed by atoms with Crippen molar-refractivity contribution >= 4 is 23.2 Å². The first kappa shape index (κ1) is 20.4. The summed E-state index contributed by atoms with van der Waals surface area (Å²) in [4.78, 5) is 7.03. The van der Waals surface area contributed by atoms with Crippen LogP contribution in [0.1, 0.15) is 18.1 Å². The molecule has 28 heavy (non-hydrogen) atoms. The summed E-state index contributed by atoms with van der Waals surface area (Å²) in [5.41, 5.74) is 1.15. The Morgan fingerprint density at radius 3 is 2.96 bits per heavy atom. The molecular formula is C19H28ClN7O. The minimum atomic E-state index is 0.300. The molecule has 0 spiro atoms. The Labute approximate surface area is 170 Å². The zero-order valence-electron chi connectivity index (χ0n) is 16.7. The standard InChI is InChI=1S/C19H28ClN7O/c1-14-24-25-18(26(14)2)12-22-19(21-8-10-28-3)23-16-7-9-27(13-16)17-6-4-5-15(20)11-17/h4-6,11,16H,7-10,12-13H2,1-3H3,(H2,21,22,23). The van der Waals surface area contributed by atoms with Crippen LogP contribution in [0.4, 0.5) is 5.69 Å². The number of nitrogens with zero attached hydrogens (tertiary/aromatic N) is 5. The molecule has 0 aliphatic carbocycles. The smallest absolute Gasteiger partial charge is 0.192 e. The molecule has 152 valence electrons. The summed E-state index contributed by atoms with van der Waals surface area (Å²) in [6, 6.07) is 8.28. The van der Waals surface area contributed by atoms with Crippen LogP contribution in [0, 0.1) is 6.92 Å². The van der Waals surface area contributed by atoms with Crippen molar-refractivity contribution in [2.24, 2.45) is 12.0 Å². The molecule has 1 saturated heterocycles. The second kappa shape index (κ2) is 9.75. The van der Waals surface area contributed by atoms with E-state index in [9.17, 15) is 0 Å². The van der Waals surface area contributed by atoms with Gasteiger partial charge in [0.05, 0.1) is 6.61 Å². The lowest BCUT2D eigenvalue weighted by Gasteiger charge is -2.20. The average Bonchev–Trinajstić information content (AvgIpc) is 3.27. The van der Waals surface area contributed by atoms with Gasteiger partial charge in [0.2, 0.25) is 0 Å². The van der Waals surface area contributed by atoms with Crippen molar-refractivity contribution in [3.8, 4) is 0 Å². The first-order valence-corrected chi connectivity index (χ1v) is 9.84. The minimum Gasteiger partial charge on any atom is -0.383 e. The zero-order chi connectivity index (χ0) is 19.9. The Hall–Kier alpha value is -2.32. The molecule has 1 fully saturated rings. The number of rotatable bonds is 7. The molecule has 2 heterocycles. The van der Waals surface area contributed by atoms with E-state index in [1.54, 1.807) is 7.11 Å². The minimum absolute atomic E-state index is 0.300. The van der Waals surface area contributed by atoms with Crippen LogP contribution in [0.2, 0.25) is 5.02 Å². The third kappa shape index (κ3) is 5.36. The number of anilines is 1. The van der Waals surface area contributed by atoms with Crippen LogP contribution >= 0.6 is 11.6 Å². The van der Waals surface area contributed by atoms with Crippen molar-refractivity contribution in [1.82, 2.24) is 25.4 Å². The lowest BCUT2D eigenvalue weighted by Crippen LogP contribution is -2.45. The van der Waals surface area contributed by atoms with Crippen molar-refractivity contribution in [1.29, 1.82) is 0 Å². The van der Waals surface area contributed by atoms with E-state index >= 15 is 0 Å². The van der Waals surface area contributed by atoms with Gasteiger partial charge in [-0.1, -0.05) is 17.7 Å². The molecule has 1 aromatic heterocycles.